The zero-order valence-corrected chi connectivity index (χ0v) is 12.4. The Bertz CT molecular complexity index is 780. The monoisotopic (exact) mass is 294 g/mol. The van der Waals surface area contributed by atoms with Crippen LogP contribution < -0.4 is 10.6 Å². The first-order chi connectivity index (χ1) is 10.7. The fourth-order valence-electron chi connectivity index (χ4n) is 2.36. The van der Waals surface area contributed by atoms with Crippen molar-refractivity contribution in [2.75, 3.05) is 18.4 Å². The highest BCUT2D eigenvalue weighted by atomic mass is 16.1. The van der Waals surface area contributed by atoms with Crippen LogP contribution in [0, 0.1) is 0 Å². The molecule has 0 saturated carbocycles. The van der Waals surface area contributed by atoms with E-state index in [2.05, 4.69) is 15.6 Å². The third-order valence-electron chi connectivity index (χ3n) is 3.55. The van der Waals surface area contributed by atoms with E-state index in [0.717, 1.165) is 16.6 Å². The molecule has 2 N–H and O–H groups in total. The molecule has 0 saturated heterocycles. The second-order valence-corrected chi connectivity index (χ2v) is 5.12. The van der Waals surface area contributed by atoms with E-state index in [9.17, 15) is 4.79 Å². The Balaban J connectivity index is 1.55. The lowest BCUT2D eigenvalue weighted by Crippen LogP contribution is -2.28. The minimum atomic E-state index is -0.0592. The summed E-state index contributed by atoms with van der Waals surface area (Å²) in [4.78, 5) is 16.2. The molecule has 0 atom stereocenters. The Morgan fingerprint density at radius 2 is 2.14 bits per heavy atom. The van der Waals surface area contributed by atoms with E-state index in [1.54, 1.807) is 12.4 Å². The summed E-state index contributed by atoms with van der Waals surface area (Å²) in [5.74, 6) is -0.0592. The molecular weight excluding hydrogens is 276 g/mol. The second-order valence-electron chi connectivity index (χ2n) is 5.12. The Morgan fingerprint density at radius 1 is 1.23 bits per heavy atom. The minimum Gasteiger partial charge on any atom is -0.382 e. The molecule has 2 heterocycles. The van der Waals surface area contributed by atoms with E-state index in [1.807, 2.05) is 54.2 Å². The van der Waals surface area contributed by atoms with Crippen LogP contribution in [0.2, 0.25) is 0 Å². The van der Waals surface area contributed by atoms with E-state index < -0.39 is 0 Å². The number of amides is 1. The molecular formula is C17H18N4O. The lowest BCUT2D eigenvalue weighted by molar-refractivity contribution is 0.0955. The lowest BCUT2D eigenvalue weighted by Gasteiger charge is -2.08. The third-order valence-corrected chi connectivity index (χ3v) is 3.55. The van der Waals surface area contributed by atoms with Crippen molar-refractivity contribution in [3.05, 3.63) is 60.6 Å². The number of hydrogen-bond donors (Lipinski definition) is 2. The predicted octanol–water partition coefficient (Wildman–Crippen LogP) is 2.42. The van der Waals surface area contributed by atoms with Gasteiger partial charge in [0.1, 0.15) is 0 Å². The molecule has 0 radical (unpaired) electrons. The van der Waals surface area contributed by atoms with Gasteiger partial charge in [0.2, 0.25) is 0 Å². The maximum Gasteiger partial charge on any atom is 0.251 e. The lowest BCUT2D eigenvalue weighted by atomic mass is 10.1. The van der Waals surface area contributed by atoms with Crippen LogP contribution in [0.4, 0.5) is 5.69 Å². The van der Waals surface area contributed by atoms with Gasteiger partial charge < -0.3 is 15.2 Å². The van der Waals surface area contributed by atoms with Crippen molar-refractivity contribution < 1.29 is 4.79 Å². The number of hydrogen-bond acceptors (Lipinski definition) is 3. The van der Waals surface area contributed by atoms with Gasteiger partial charge in [0.05, 0.1) is 5.69 Å². The maximum absolute atomic E-state index is 12.2. The Morgan fingerprint density at radius 3 is 2.95 bits per heavy atom. The maximum atomic E-state index is 12.2. The molecule has 0 fully saturated rings. The summed E-state index contributed by atoms with van der Waals surface area (Å²) >= 11 is 0. The standard InChI is InChI=1S/C17H18N4O/c1-21-10-6-13-4-5-14(11-16(13)21)17(22)20-9-8-19-15-3-2-7-18-12-15/h2-7,10-12,19H,8-9H2,1H3,(H,20,22). The largest absolute Gasteiger partial charge is 0.382 e. The number of fused-ring (bicyclic) bond motifs is 1. The van der Waals surface area contributed by atoms with E-state index in [4.69, 9.17) is 0 Å². The molecule has 1 aromatic carbocycles. The SMILES string of the molecule is Cn1ccc2ccc(C(=O)NCCNc3cccnc3)cc21. The molecule has 2 aromatic heterocycles. The van der Waals surface area contributed by atoms with Gasteiger partial charge in [-0.3, -0.25) is 9.78 Å². The third kappa shape index (κ3) is 3.09. The Hall–Kier alpha value is -2.82. The number of carbonyl (C=O) groups is 1. The number of pyridine rings is 1. The molecule has 5 heteroatoms. The van der Waals surface area contributed by atoms with Gasteiger partial charge in [-0.05, 0) is 35.7 Å². The highest BCUT2D eigenvalue weighted by molar-refractivity contribution is 5.98. The molecule has 0 spiro atoms. The van der Waals surface area contributed by atoms with Gasteiger partial charge >= 0.3 is 0 Å². The van der Waals surface area contributed by atoms with E-state index >= 15 is 0 Å². The van der Waals surface area contributed by atoms with Gasteiger partial charge in [0.25, 0.3) is 5.91 Å². The highest BCUT2D eigenvalue weighted by Crippen LogP contribution is 2.16. The quantitative estimate of drug-likeness (QED) is 0.710. The van der Waals surface area contributed by atoms with Crippen LogP contribution in [0.3, 0.4) is 0 Å². The average Bonchev–Trinajstić information content (AvgIpc) is 2.93. The zero-order valence-electron chi connectivity index (χ0n) is 12.4. The van der Waals surface area contributed by atoms with Crippen molar-refractivity contribution in [1.29, 1.82) is 0 Å². The summed E-state index contributed by atoms with van der Waals surface area (Å²) < 4.78 is 2.01. The zero-order chi connectivity index (χ0) is 15.4. The van der Waals surface area contributed by atoms with Crippen LogP contribution in [0.5, 0.6) is 0 Å². The number of aromatic nitrogens is 2. The van der Waals surface area contributed by atoms with Crippen LogP contribution in [0.15, 0.2) is 55.0 Å². The van der Waals surface area contributed by atoms with Gasteiger partial charge in [-0.1, -0.05) is 6.07 Å². The van der Waals surface area contributed by atoms with Crippen LogP contribution in [-0.4, -0.2) is 28.5 Å². The van der Waals surface area contributed by atoms with Gasteiger partial charge in [-0.2, -0.15) is 0 Å². The molecule has 22 heavy (non-hydrogen) atoms. The summed E-state index contributed by atoms with van der Waals surface area (Å²) in [6.07, 6.45) is 5.47. The van der Waals surface area contributed by atoms with Gasteiger partial charge in [-0.25, -0.2) is 0 Å². The fourth-order valence-corrected chi connectivity index (χ4v) is 2.36. The number of aryl methyl sites for hydroxylation is 1. The average molecular weight is 294 g/mol. The van der Waals surface area contributed by atoms with Gasteiger partial charge in [-0.15, -0.1) is 0 Å². The number of carbonyl (C=O) groups excluding carboxylic acids is 1. The molecule has 5 nitrogen and oxygen atoms in total. The first kappa shape index (κ1) is 14.1. The van der Waals surface area contributed by atoms with Crippen LogP contribution in [0.25, 0.3) is 10.9 Å². The smallest absolute Gasteiger partial charge is 0.251 e. The summed E-state index contributed by atoms with van der Waals surface area (Å²) in [7, 11) is 1.97. The van der Waals surface area contributed by atoms with E-state index in [0.29, 0.717) is 18.7 Å². The molecule has 0 unspecified atom stereocenters. The summed E-state index contributed by atoms with van der Waals surface area (Å²) in [6, 6.07) is 11.6. The number of nitrogens with zero attached hydrogens (tertiary/aromatic N) is 2. The van der Waals surface area contributed by atoms with Gasteiger partial charge in [0.15, 0.2) is 0 Å². The number of anilines is 1. The molecule has 112 valence electrons. The molecule has 0 bridgehead atoms. The van der Waals surface area contributed by atoms with Crippen molar-refractivity contribution >= 4 is 22.5 Å². The minimum absolute atomic E-state index is 0.0592. The van der Waals surface area contributed by atoms with Gasteiger partial charge in [0, 0.05) is 49.8 Å². The number of benzene rings is 1. The molecule has 3 aromatic rings. The van der Waals surface area contributed by atoms with Crippen LogP contribution in [-0.2, 0) is 7.05 Å². The molecule has 0 aliphatic rings. The Labute approximate surface area is 129 Å². The summed E-state index contributed by atoms with van der Waals surface area (Å²) in [5, 5.41) is 7.26. The summed E-state index contributed by atoms with van der Waals surface area (Å²) in [5.41, 5.74) is 2.68. The van der Waals surface area contributed by atoms with Crippen molar-refractivity contribution in [2.24, 2.45) is 7.05 Å². The first-order valence-corrected chi connectivity index (χ1v) is 7.21. The molecule has 1 amide bonds. The van der Waals surface area contributed by atoms with Crippen molar-refractivity contribution in [2.45, 2.75) is 0 Å². The second kappa shape index (κ2) is 6.30. The van der Waals surface area contributed by atoms with Crippen molar-refractivity contribution in [3.63, 3.8) is 0 Å². The normalized spacial score (nSPS) is 10.6. The summed E-state index contributed by atoms with van der Waals surface area (Å²) in [6.45, 7) is 1.21. The fraction of sp³-hybridized carbons (Fsp3) is 0.176. The number of nitrogens with one attached hydrogen (secondary N) is 2. The number of rotatable bonds is 5. The van der Waals surface area contributed by atoms with Crippen LogP contribution in [0.1, 0.15) is 10.4 Å². The molecule has 0 aliphatic carbocycles. The van der Waals surface area contributed by atoms with Crippen molar-refractivity contribution in [3.8, 4) is 0 Å². The van der Waals surface area contributed by atoms with Crippen molar-refractivity contribution in [1.82, 2.24) is 14.9 Å². The highest BCUT2D eigenvalue weighted by Gasteiger charge is 2.07. The van der Waals surface area contributed by atoms with E-state index in [1.165, 1.54) is 0 Å². The van der Waals surface area contributed by atoms with E-state index in [-0.39, 0.29) is 5.91 Å². The molecule has 3 rings (SSSR count). The predicted molar refractivity (Wildman–Crippen MR) is 88.0 cm³/mol. The Kier molecular flexibility index (Phi) is 4.05. The topological polar surface area (TPSA) is 59.0 Å². The van der Waals surface area contributed by atoms with Crippen LogP contribution >= 0.6 is 0 Å². The first-order valence-electron chi connectivity index (χ1n) is 7.21. The molecule has 0 aliphatic heterocycles.